The van der Waals surface area contributed by atoms with Crippen molar-refractivity contribution in [1.82, 2.24) is 15.1 Å². The van der Waals surface area contributed by atoms with E-state index in [1.807, 2.05) is 29.1 Å². The van der Waals surface area contributed by atoms with Crippen LogP contribution in [0.2, 0.25) is 0 Å². The summed E-state index contributed by atoms with van der Waals surface area (Å²) in [6.45, 7) is 2.58. The normalized spacial score (nSPS) is 11.1. The number of nitrogens with one attached hydrogen (secondary N) is 1. The van der Waals surface area contributed by atoms with Crippen LogP contribution in [0.5, 0.6) is 0 Å². The van der Waals surface area contributed by atoms with Gasteiger partial charge in [0.05, 0.1) is 30.8 Å². The van der Waals surface area contributed by atoms with E-state index in [1.54, 1.807) is 12.5 Å². The van der Waals surface area contributed by atoms with Crippen molar-refractivity contribution in [3.63, 3.8) is 0 Å². The second-order valence-electron chi connectivity index (χ2n) is 4.23. The lowest BCUT2D eigenvalue weighted by molar-refractivity contribution is 0.549. The van der Waals surface area contributed by atoms with Gasteiger partial charge in [0.2, 0.25) is 0 Å². The quantitative estimate of drug-likeness (QED) is 0.698. The van der Waals surface area contributed by atoms with Gasteiger partial charge in [-0.3, -0.25) is 4.68 Å². The number of fused-ring (bicyclic) bond motifs is 1. The average Bonchev–Trinajstić information content (AvgIpc) is 3.04. The topological polar surface area (TPSA) is 43.0 Å². The highest BCUT2D eigenvalue weighted by Gasteiger charge is 2.00. The zero-order chi connectivity index (χ0) is 12.2. The molecule has 4 heteroatoms. The molecule has 92 valence electrons. The van der Waals surface area contributed by atoms with Gasteiger partial charge in [-0.25, -0.2) is 0 Å². The van der Waals surface area contributed by atoms with Gasteiger partial charge in [-0.2, -0.15) is 5.10 Å². The minimum absolute atomic E-state index is 0.829. The Labute approximate surface area is 105 Å². The number of para-hydroxylation sites is 1. The fourth-order valence-corrected chi connectivity index (χ4v) is 2.01. The molecule has 0 amide bonds. The third-order valence-corrected chi connectivity index (χ3v) is 2.96. The SMILES string of the molecule is c1ccc2c(c1)cnn2CCNCc1ccoc1. The van der Waals surface area contributed by atoms with E-state index in [9.17, 15) is 0 Å². The van der Waals surface area contributed by atoms with Gasteiger partial charge >= 0.3 is 0 Å². The van der Waals surface area contributed by atoms with Crippen molar-refractivity contribution < 1.29 is 4.42 Å². The maximum atomic E-state index is 5.02. The lowest BCUT2D eigenvalue weighted by Crippen LogP contribution is -2.19. The van der Waals surface area contributed by atoms with Crippen LogP contribution < -0.4 is 5.32 Å². The second kappa shape index (κ2) is 5.06. The summed E-state index contributed by atoms with van der Waals surface area (Å²) in [6.07, 6.45) is 5.36. The molecule has 3 rings (SSSR count). The summed E-state index contributed by atoms with van der Waals surface area (Å²) in [5, 5.41) is 8.95. The van der Waals surface area contributed by atoms with E-state index in [0.717, 1.165) is 19.6 Å². The molecule has 0 unspecified atom stereocenters. The van der Waals surface area contributed by atoms with E-state index in [4.69, 9.17) is 4.42 Å². The van der Waals surface area contributed by atoms with Gasteiger partial charge in [0.15, 0.2) is 0 Å². The molecule has 0 spiro atoms. The van der Waals surface area contributed by atoms with Gasteiger partial charge in [-0.15, -0.1) is 0 Å². The Morgan fingerprint density at radius 3 is 3.06 bits per heavy atom. The molecule has 0 radical (unpaired) electrons. The molecule has 0 aliphatic carbocycles. The van der Waals surface area contributed by atoms with Crippen LogP contribution in [-0.4, -0.2) is 16.3 Å². The smallest absolute Gasteiger partial charge is 0.0947 e. The van der Waals surface area contributed by atoms with Crippen molar-refractivity contribution >= 4 is 10.9 Å². The molecule has 3 aromatic rings. The highest BCUT2D eigenvalue weighted by atomic mass is 16.3. The molecular formula is C14H15N3O. The minimum Gasteiger partial charge on any atom is -0.472 e. The van der Waals surface area contributed by atoms with Crippen molar-refractivity contribution in [2.75, 3.05) is 6.54 Å². The van der Waals surface area contributed by atoms with Gasteiger partial charge in [0.25, 0.3) is 0 Å². The van der Waals surface area contributed by atoms with E-state index in [1.165, 1.54) is 16.5 Å². The molecule has 1 aromatic carbocycles. The molecule has 0 aliphatic rings. The Bertz CT molecular complexity index is 613. The Balaban J connectivity index is 1.57. The van der Waals surface area contributed by atoms with E-state index in [0.29, 0.717) is 0 Å². The summed E-state index contributed by atoms with van der Waals surface area (Å²) in [4.78, 5) is 0. The molecule has 0 saturated carbocycles. The van der Waals surface area contributed by atoms with Crippen molar-refractivity contribution in [3.8, 4) is 0 Å². The number of benzene rings is 1. The summed E-state index contributed by atoms with van der Waals surface area (Å²) >= 11 is 0. The lowest BCUT2D eigenvalue weighted by Gasteiger charge is -2.04. The van der Waals surface area contributed by atoms with Gasteiger partial charge in [-0.05, 0) is 12.1 Å². The summed E-state index contributed by atoms with van der Waals surface area (Å²) in [6, 6.07) is 10.2. The standard InChI is InChI=1S/C14H15N3O/c1-2-4-14-13(3-1)10-16-17(14)7-6-15-9-12-5-8-18-11-12/h1-5,8,10-11,15H,6-7,9H2. The molecule has 2 aromatic heterocycles. The molecule has 0 bridgehead atoms. The third-order valence-electron chi connectivity index (χ3n) is 2.96. The van der Waals surface area contributed by atoms with Crippen LogP contribution in [-0.2, 0) is 13.1 Å². The van der Waals surface area contributed by atoms with Crippen molar-refractivity contribution in [3.05, 3.63) is 54.6 Å². The fraction of sp³-hybridized carbons (Fsp3) is 0.214. The maximum absolute atomic E-state index is 5.02. The van der Waals surface area contributed by atoms with Gasteiger partial charge in [0, 0.05) is 24.0 Å². The number of furan rings is 1. The van der Waals surface area contributed by atoms with Gasteiger partial charge < -0.3 is 9.73 Å². The monoisotopic (exact) mass is 241 g/mol. The first kappa shape index (κ1) is 11.0. The minimum atomic E-state index is 0.829. The number of hydrogen-bond donors (Lipinski definition) is 1. The average molecular weight is 241 g/mol. The Kier molecular flexibility index (Phi) is 3.10. The molecule has 4 nitrogen and oxygen atoms in total. The number of hydrogen-bond acceptors (Lipinski definition) is 3. The van der Waals surface area contributed by atoms with Crippen molar-refractivity contribution in [2.24, 2.45) is 0 Å². The Morgan fingerprint density at radius 1 is 1.22 bits per heavy atom. The highest BCUT2D eigenvalue weighted by Crippen LogP contribution is 2.11. The van der Waals surface area contributed by atoms with Gasteiger partial charge in [-0.1, -0.05) is 18.2 Å². The first-order valence-corrected chi connectivity index (χ1v) is 6.06. The van der Waals surface area contributed by atoms with Crippen LogP contribution in [0.25, 0.3) is 10.9 Å². The maximum Gasteiger partial charge on any atom is 0.0947 e. The van der Waals surface area contributed by atoms with Gasteiger partial charge in [0.1, 0.15) is 0 Å². The number of nitrogens with zero attached hydrogens (tertiary/aromatic N) is 2. The Hall–Kier alpha value is -2.07. The highest BCUT2D eigenvalue weighted by molar-refractivity contribution is 5.78. The van der Waals surface area contributed by atoms with E-state index in [2.05, 4.69) is 22.5 Å². The number of rotatable bonds is 5. The summed E-state index contributed by atoms with van der Waals surface area (Å²) in [7, 11) is 0. The fourth-order valence-electron chi connectivity index (χ4n) is 2.01. The molecule has 0 atom stereocenters. The second-order valence-corrected chi connectivity index (χ2v) is 4.23. The lowest BCUT2D eigenvalue weighted by atomic mass is 10.2. The Morgan fingerprint density at radius 2 is 2.17 bits per heavy atom. The van der Waals surface area contributed by atoms with E-state index < -0.39 is 0 Å². The molecule has 18 heavy (non-hydrogen) atoms. The number of aromatic nitrogens is 2. The van der Waals surface area contributed by atoms with Crippen LogP contribution in [0.15, 0.2) is 53.5 Å². The van der Waals surface area contributed by atoms with Crippen molar-refractivity contribution in [1.29, 1.82) is 0 Å². The predicted molar refractivity (Wildman–Crippen MR) is 70.1 cm³/mol. The largest absolute Gasteiger partial charge is 0.472 e. The summed E-state index contributed by atoms with van der Waals surface area (Å²) < 4.78 is 7.04. The van der Waals surface area contributed by atoms with Crippen molar-refractivity contribution in [2.45, 2.75) is 13.1 Å². The molecular weight excluding hydrogens is 226 g/mol. The van der Waals surface area contributed by atoms with Crippen LogP contribution >= 0.6 is 0 Å². The summed E-state index contributed by atoms with van der Waals surface area (Å²) in [5.74, 6) is 0. The third kappa shape index (κ3) is 2.28. The first-order chi connectivity index (χ1) is 8.93. The molecule has 0 saturated heterocycles. The van der Waals surface area contributed by atoms with Crippen LogP contribution in [0.1, 0.15) is 5.56 Å². The molecule has 1 N–H and O–H groups in total. The van der Waals surface area contributed by atoms with Crippen LogP contribution in [0, 0.1) is 0 Å². The molecule has 0 fully saturated rings. The summed E-state index contributed by atoms with van der Waals surface area (Å²) in [5.41, 5.74) is 2.35. The van der Waals surface area contributed by atoms with E-state index >= 15 is 0 Å². The zero-order valence-electron chi connectivity index (χ0n) is 10.0. The van der Waals surface area contributed by atoms with E-state index in [-0.39, 0.29) is 0 Å². The van der Waals surface area contributed by atoms with Crippen LogP contribution in [0.4, 0.5) is 0 Å². The predicted octanol–water partition coefficient (Wildman–Crippen LogP) is 2.42. The zero-order valence-corrected chi connectivity index (χ0v) is 10.0. The molecule has 2 heterocycles. The van der Waals surface area contributed by atoms with Crippen LogP contribution in [0.3, 0.4) is 0 Å². The first-order valence-electron chi connectivity index (χ1n) is 6.06. The molecule has 0 aliphatic heterocycles.